The van der Waals surface area contributed by atoms with Gasteiger partial charge in [0.05, 0.1) is 6.54 Å². The minimum Gasteiger partial charge on any atom is -0.369 e. The van der Waals surface area contributed by atoms with Gasteiger partial charge in [0.1, 0.15) is 0 Å². The summed E-state index contributed by atoms with van der Waals surface area (Å²) in [5.74, 6) is -0.311. The van der Waals surface area contributed by atoms with E-state index in [2.05, 4.69) is 24.5 Å². The number of halogens is 3. The summed E-state index contributed by atoms with van der Waals surface area (Å²) >= 11 is 0. The molecule has 0 aliphatic heterocycles. The van der Waals surface area contributed by atoms with Crippen molar-refractivity contribution in [2.75, 3.05) is 19.6 Å². The maximum atomic E-state index is 10.2. The summed E-state index contributed by atoms with van der Waals surface area (Å²) in [6, 6.07) is 0.491. The molecule has 0 aliphatic carbocycles. The van der Waals surface area contributed by atoms with Crippen molar-refractivity contribution >= 4 is 43.1 Å². The van der Waals surface area contributed by atoms with Crippen LogP contribution in [0.5, 0.6) is 0 Å². The van der Waals surface area contributed by atoms with Crippen LogP contribution in [0.15, 0.2) is 0 Å². The van der Waals surface area contributed by atoms with Crippen molar-refractivity contribution < 1.29 is 4.79 Å². The second kappa shape index (κ2) is 15.7. The molecule has 0 aromatic rings. The molecule has 0 atom stereocenters. The van der Waals surface area contributed by atoms with Crippen LogP contribution in [0.3, 0.4) is 0 Å². The van der Waals surface area contributed by atoms with Crippen LogP contribution >= 0.6 is 37.2 Å². The van der Waals surface area contributed by atoms with Crippen LogP contribution in [0.2, 0.25) is 0 Å². The average Bonchev–Trinajstić information content (AvgIpc) is 1.85. The standard InChI is InChI=1S/C7H17N3O.3ClH/c1-6(2)10-4-3-9-5-7(8)11;;;/h6,9-10H,3-5H2,1-2H3,(H2,8,11);3*1H. The molecule has 0 spiro atoms. The van der Waals surface area contributed by atoms with Crippen molar-refractivity contribution in [3.63, 3.8) is 0 Å². The molecular formula is C7H20Cl3N3O. The first-order valence-corrected chi connectivity index (χ1v) is 3.85. The first-order chi connectivity index (χ1) is 5.13. The molecule has 90 valence electrons. The second-order valence-electron chi connectivity index (χ2n) is 2.75. The van der Waals surface area contributed by atoms with E-state index < -0.39 is 0 Å². The van der Waals surface area contributed by atoms with Gasteiger partial charge in [0.25, 0.3) is 0 Å². The number of rotatable bonds is 6. The van der Waals surface area contributed by atoms with Gasteiger partial charge in [-0.3, -0.25) is 4.79 Å². The van der Waals surface area contributed by atoms with Crippen LogP contribution in [0.1, 0.15) is 13.8 Å². The molecular weight excluding hydrogens is 248 g/mol. The lowest BCUT2D eigenvalue weighted by Crippen LogP contribution is -2.35. The predicted molar refractivity (Wildman–Crippen MR) is 66.9 cm³/mol. The summed E-state index contributed by atoms with van der Waals surface area (Å²) in [5.41, 5.74) is 4.91. The Morgan fingerprint density at radius 3 is 2.07 bits per heavy atom. The molecule has 0 aromatic carbocycles. The lowest BCUT2D eigenvalue weighted by molar-refractivity contribution is -0.117. The Bertz CT molecular complexity index is 125. The molecule has 0 heterocycles. The highest BCUT2D eigenvalue weighted by Crippen LogP contribution is 1.72. The van der Waals surface area contributed by atoms with Crippen molar-refractivity contribution in [1.29, 1.82) is 0 Å². The normalized spacial score (nSPS) is 8.21. The first kappa shape index (κ1) is 23.8. The van der Waals surface area contributed by atoms with Crippen LogP contribution in [-0.2, 0) is 4.79 Å². The fourth-order valence-corrected chi connectivity index (χ4v) is 0.661. The molecule has 0 aliphatic rings. The number of nitrogens with one attached hydrogen (secondary N) is 2. The van der Waals surface area contributed by atoms with E-state index in [0.717, 1.165) is 13.1 Å². The van der Waals surface area contributed by atoms with Gasteiger partial charge in [-0.2, -0.15) is 0 Å². The third-order valence-corrected chi connectivity index (χ3v) is 1.15. The maximum absolute atomic E-state index is 10.2. The maximum Gasteiger partial charge on any atom is 0.231 e. The minimum absolute atomic E-state index is 0. The van der Waals surface area contributed by atoms with E-state index >= 15 is 0 Å². The monoisotopic (exact) mass is 267 g/mol. The number of carbonyl (C=O) groups is 1. The Morgan fingerprint density at radius 1 is 1.21 bits per heavy atom. The van der Waals surface area contributed by atoms with Crippen LogP contribution < -0.4 is 16.4 Å². The molecule has 0 saturated heterocycles. The molecule has 0 saturated carbocycles. The zero-order valence-corrected chi connectivity index (χ0v) is 10.9. The Balaban J connectivity index is -0.000000167. The van der Waals surface area contributed by atoms with Crippen LogP contribution in [-0.4, -0.2) is 31.6 Å². The Morgan fingerprint density at radius 2 is 1.71 bits per heavy atom. The van der Waals surface area contributed by atoms with Crippen LogP contribution in [0, 0.1) is 0 Å². The number of nitrogens with two attached hydrogens (primary N) is 1. The van der Waals surface area contributed by atoms with Crippen molar-refractivity contribution in [1.82, 2.24) is 10.6 Å². The first-order valence-electron chi connectivity index (χ1n) is 3.85. The van der Waals surface area contributed by atoms with E-state index in [1.54, 1.807) is 0 Å². The summed E-state index contributed by atoms with van der Waals surface area (Å²) in [7, 11) is 0. The third kappa shape index (κ3) is 22.8. The molecule has 4 nitrogen and oxygen atoms in total. The number of hydrogen-bond donors (Lipinski definition) is 3. The van der Waals surface area contributed by atoms with E-state index in [9.17, 15) is 4.79 Å². The summed E-state index contributed by atoms with van der Waals surface area (Å²) in [4.78, 5) is 10.2. The molecule has 0 aromatic heterocycles. The largest absolute Gasteiger partial charge is 0.369 e. The van der Waals surface area contributed by atoms with Gasteiger partial charge in [0.2, 0.25) is 5.91 Å². The van der Waals surface area contributed by atoms with Crippen molar-refractivity contribution in [2.24, 2.45) is 5.73 Å². The van der Waals surface area contributed by atoms with E-state index in [1.165, 1.54) is 0 Å². The summed E-state index contributed by atoms with van der Waals surface area (Å²) in [6.45, 7) is 6.06. The van der Waals surface area contributed by atoms with Crippen LogP contribution in [0.4, 0.5) is 0 Å². The van der Waals surface area contributed by atoms with Gasteiger partial charge < -0.3 is 16.4 Å². The van der Waals surface area contributed by atoms with Gasteiger partial charge in [-0.1, -0.05) is 13.8 Å². The van der Waals surface area contributed by atoms with E-state index in [0.29, 0.717) is 6.04 Å². The molecule has 14 heavy (non-hydrogen) atoms. The molecule has 0 radical (unpaired) electrons. The second-order valence-corrected chi connectivity index (χ2v) is 2.75. The van der Waals surface area contributed by atoms with E-state index in [-0.39, 0.29) is 49.7 Å². The fourth-order valence-electron chi connectivity index (χ4n) is 0.661. The molecule has 1 amide bonds. The number of amides is 1. The molecule has 0 fully saturated rings. The van der Waals surface area contributed by atoms with Crippen molar-refractivity contribution in [3.8, 4) is 0 Å². The smallest absolute Gasteiger partial charge is 0.231 e. The lowest BCUT2D eigenvalue weighted by atomic mass is 10.4. The van der Waals surface area contributed by atoms with Crippen molar-refractivity contribution in [2.45, 2.75) is 19.9 Å². The number of hydrogen-bond acceptors (Lipinski definition) is 3. The predicted octanol–water partition coefficient (Wildman–Crippen LogP) is 0.325. The number of carbonyl (C=O) groups excluding carboxylic acids is 1. The molecule has 0 rings (SSSR count). The third-order valence-electron chi connectivity index (χ3n) is 1.15. The molecule has 0 unspecified atom stereocenters. The lowest BCUT2D eigenvalue weighted by Gasteiger charge is -2.07. The summed E-state index contributed by atoms with van der Waals surface area (Å²) in [6.07, 6.45) is 0. The van der Waals surface area contributed by atoms with Crippen molar-refractivity contribution in [3.05, 3.63) is 0 Å². The summed E-state index contributed by atoms with van der Waals surface area (Å²) in [5, 5.41) is 6.11. The van der Waals surface area contributed by atoms with E-state index in [1.807, 2.05) is 0 Å². The minimum atomic E-state index is -0.311. The Kier molecular flexibility index (Phi) is 26.7. The van der Waals surface area contributed by atoms with Crippen LogP contribution in [0.25, 0.3) is 0 Å². The Hall–Kier alpha value is 0.260. The Labute approximate surface area is 104 Å². The quantitative estimate of drug-likeness (QED) is 0.608. The fraction of sp³-hybridized carbons (Fsp3) is 0.857. The highest BCUT2D eigenvalue weighted by atomic mass is 35.5. The average molecular weight is 269 g/mol. The zero-order chi connectivity index (χ0) is 8.69. The topological polar surface area (TPSA) is 67.2 Å². The zero-order valence-electron chi connectivity index (χ0n) is 8.41. The van der Waals surface area contributed by atoms with Gasteiger partial charge in [-0.05, 0) is 0 Å². The molecule has 0 bridgehead atoms. The van der Waals surface area contributed by atoms with E-state index in [4.69, 9.17) is 5.73 Å². The summed E-state index contributed by atoms with van der Waals surface area (Å²) < 4.78 is 0. The SMILES string of the molecule is CC(C)NCCNCC(N)=O.Cl.Cl.Cl. The van der Waals surface area contributed by atoms with Gasteiger partial charge in [0, 0.05) is 19.1 Å². The van der Waals surface area contributed by atoms with Gasteiger partial charge in [-0.15, -0.1) is 37.2 Å². The van der Waals surface area contributed by atoms with Gasteiger partial charge in [-0.25, -0.2) is 0 Å². The molecule has 7 heteroatoms. The number of primary amides is 1. The highest BCUT2D eigenvalue weighted by Gasteiger charge is 1.93. The van der Waals surface area contributed by atoms with Gasteiger partial charge in [0.15, 0.2) is 0 Å². The van der Waals surface area contributed by atoms with Gasteiger partial charge >= 0.3 is 0 Å². The highest BCUT2D eigenvalue weighted by molar-refractivity contribution is 5.86. The molecule has 4 N–H and O–H groups in total.